The molecule has 1 N–H and O–H groups in total. The van der Waals surface area contributed by atoms with Crippen LogP contribution in [0.25, 0.3) is 49.4 Å². The van der Waals surface area contributed by atoms with Gasteiger partial charge in [0.25, 0.3) is 0 Å². The molecule has 0 aliphatic heterocycles. The number of hydrogen-bond acceptors (Lipinski definition) is 1. The summed E-state index contributed by atoms with van der Waals surface area (Å²) in [7, 11) is 0. The Morgan fingerprint density at radius 1 is 0.840 bits per heavy atom. The molecule has 3 nitrogen and oxygen atoms in total. The summed E-state index contributed by atoms with van der Waals surface area (Å²) in [5.41, 5.74) is 5.63. The van der Waals surface area contributed by atoms with Gasteiger partial charge >= 0.3 is 0 Å². The maximum Gasteiger partial charge on any atom is 0.148 e. The largest absolute Gasteiger partial charge is 0.354 e. The van der Waals surface area contributed by atoms with E-state index in [4.69, 9.17) is 4.98 Å². The van der Waals surface area contributed by atoms with Crippen LogP contribution < -0.4 is 0 Å². The second-order valence-corrected chi connectivity index (χ2v) is 6.34. The third-order valence-electron chi connectivity index (χ3n) is 4.96. The first kappa shape index (κ1) is 13.0. The first-order valence-electron chi connectivity index (χ1n) is 8.20. The zero-order chi connectivity index (χ0) is 16.5. The highest BCUT2D eigenvalue weighted by Gasteiger charge is 2.17. The average molecular weight is 325 g/mol. The molecular formula is C21H12FN3. The van der Waals surface area contributed by atoms with Gasteiger partial charge in [0.05, 0.1) is 27.5 Å². The number of pyridine rings is 1. The Balaban J connectivity index is 2.07. The number of aromatic nitrogens is 3. The van der Waals surface area contributed by atoms with E-state index in [-0.39, 0.29) is 5.82 Å². The van der Waals surface area contributed by atoms with Crippen LogP contribution in [0.1, 0.15) is 0 Å². The minimum Gasteiger partial charge on any atom is -0.354 e. The molecule has 25 heavy (non-hydrogen) atoms. The number of imidazole rings is 1. The van der Waals surface area contributed by atoms with Gasteiger partial charge in [-0.25, -0.2) is 9.37 Å². The zero-order valence-corrected chi connectivity index (χ0v) is 13.1. The van der Waals surface area contributed by atoms with Crippen molar-refractivity contribution in [2.24, 2.45) is 0 Å². The van der Waals surface area contributed by atoms with Gasteiger partial charge < -0.3 is 4.98 Å². The molecule has 6 aromatic rings. The van der Waals surface area contributed by atoms with Crippen LogP contribution in [-0.2, 0) is 0 Å². The highest BCUT2D eigenvalue weighted by molar-refractivity contribution is 6.22. The summed E-state index contributed by atoms with van der Waals surface area (Å²) in [5.74, 6) is -0.248. The monoisotopic (exact) mass is 325 g/mol. The van der Waals surface area contributed by atoms with E-state index in [9.17, 15) is 4.39 Å². The molecule has 3 aromatic heterocycles. The van der Waals surface area contributed by atoms with E-state index in [0.717, 1.165) is 49.4 Å². The summed E-state index contributed by atoms with van der Waals surface area (Å²) in [6.45, 7) is 0. The number of benzene rings is 3. The van der Waals surface area contributed by atoms with E-state index >= 15 is 0 Å². The minimum absolute atomic E-state index is 0.248. The van der Waals surface area contributed by atoms with Crippen molar-refractivity contribution in [3.63, 3.8) is 0 Å². The topological polar surface area (TPSA) is 33.1 Å². The van der Waals surface area contributed by atoms with Crippen LogP contribution in [0.15, 0.2) is 66.7 Å². The van der Waals surface area contributed by atoms with Crippen molar-refractivity contribution in [2.75, 3.05) is 0 Å². The Kier molecular flexibility index (Phi) is 2.26. The Morgan fingerprint density at radius 2 is 1.68 bits per heavy atom. The van der Waals surface area contributed by atoms with Crippen LogP contribution in [0.5, 0.6) is 0 Å². The van der Waals surface area contributed by atoms with E-state index in [1.165, 1.54) is 6.07 Å². The summed E-state index contributed by atoms with van der Waals surface area (Å²) >= 11 is 0. The molecule has 0 fully saturated rings. The third kappa shape index (κ3) is 1.56. The van der Waals surface area contributed by atoms with Crippen molar-refractivity contribution < 1.29 is 4.39 Å². The highest BCUT2D eigenvalue weighted by Crippen LogP contribution is 2.36. The molecule has 0 aliphatic carbocycles. The van der Waals surface area contributed by atoms with Crippen molar-refractivity contribution in [3.8, 4) is 0 Å². The molecule has 4 heteroatoms. The van der Waals surface area contributed by atoms with Gasteiger partial charge in [-0.1, -0.05) is 30.3 Å². The molecule has 3 aromatic carbocycles. The van der Waals surface area contributed by atoms with Crippen LogP contribution in [0.3, 0.4) is 0 Å². The van der Waals surface area contributed by atoms with Gasteiger partial charge in [-0.15, -0.1) is 0 Å². The SMILES string of the molecule is Fc1ccc2c3[nH]c4ccccc4c3c3nc4ccccc4n3c2c1. The van der Waals surface area contributed by atoms with Crippen molar-refractivity contribution in [2.45, 2.75) is 0 Å². The lowest BCUT2D eigenvalue weighted by atomic mass is 10.1. The van der Waals surface area contributed by atoms with Crippen LogP contribution in [-0.4, -0.2) is 14.4 Å². The first-order valence-corrected chi connectivity index (χ1v) is 8.20. The summed E-state index contributed by atoms with van der Waals surface area (Å²) in [4.78, 5) is 8.37. The number of aromatic amines is 1. The van der Waals surface area contributed by atoms with Crippen LogP contribution in [0.2, 0.25) is 0 Å². The molecule has 0 spiro atoms. The number of halogens is 1. The molecule has 3 heterocycles. The van der Waals surface area contributed by atoms with Gasteiger partial charge in [-0.05, 0) is 36.4 Å². The van der Waals surface area contributed by atoms with Crippen LogP contribution in [0.4, 0.5) is 4.39 Å². The van der Waals surface area contributed by atoms with E-state index in [0.29, 0.717) is 0 Å². The van der Waals surface area contributed by atoms with Crippen molar-refractivity contribution in [1.29, 1.82) is 0 Å². The number of nitrogens with one attached hydrogen (secondary N) is 1. The maximum absolute atomic E-state index is 14.0. The quantitative estimate of drug-likeness (QED) is 0.398. The molecule has 0 aliphatic rings. The standard InChI is InChI=1S/C21H12FN3/c22-12-9-10-14-18(11-12)25-17-8-4-3-7-16(17)24-21(25)19-13-5-1-2-6-15(13)23-20(14)19/h1-11,23H. The lowest BCUT2D eigenvalue weighted by molar-refractivity contribution is 0.629. The molecule has 118 valence electrons. The minimum atomic E-state index is -0.248. The second kappa shape index (κ2) is 4.36. The number of hydrogen-bond donors (Lipinski definition) is 1. The van der Waals surface area contributed by atoms with E-state index in [1.807, 2.05) is 42.5 Å². The van der Waals surface area contributed by atoms with Crippen molar-refractivity contribution in [1.82, 2.24) is 14.4 Å². The van der Waals surface area contributed by atoms with E-state index in [2.05, 4.69) is 21.5 Å². The number of nitrogens with zero attached hydrogens (tertiary/aromatic N) is 2. The summed E-state index contributed by atoms with van der Waals surface area (Å²) < 4.78 is 16.1. The summed E-state index contributed by atoms with van der Waals surface area (Å²) in [6, 6.07) is 21.1. The van der Waals surface area contributed by atoms with Gasteiger partial charge in [-0.2, -0.15) is 0 Å². The Labute approximate surface area is 141 Å². The zero-order valence-electron chi connectivity index (χ0n) is 13.1. The van der Waals surface area contributed by atoms with E-state index < -0.39 is 0 Å². The number of rotatable bonds is 0. The molecule has 0 radical (unpaired) electrons. The summed E-state index contributed by atoms with van der Waals surface area (Å²) in [5, 5.41) is 3.19. The van der Waals surface area contributed by atoms with E-state index in [1.54, 1.807) is 6.07 Å². The van der Waals surface area contributed by atoms with Crippen molar-refractivity contribution in [3.05, 3.63) is 72.5 Å². The molecule has 0 saturated heterocycles. The highest BCUT2D eigenvalue weighted by atomic mass is 19.1. The molecular weight excluding hydrogens is 313 g/mol. The normalized spacial score (nSPS) is 12.2. The fourth-order valence-corrected chi connectivity index (χ4v) is 3.91. The Hall–Kier alpha value is -3.40. The van der Waals surface area contributed by atoms with Crippen molar-refractivity contribution >= 4 is 49.4 Å². The lowest BCUT2D eigenvalue weighted by Crippen LogP contribution is -1.91. The third-order valence-corrected chi connectivity index (χ3v) is 4.96. The molecule has 0 unspecified atom stereocenters. The fourth-order valence-electron chi connectivity index (χ4n) is 3.91. The predicted octanol–water partition coefficient (Wildman–Crippen LogP) is 5.41. The fraction of sp³-hybridized carbons (Fsp3) is 0. The molecule has 0 bridgehead atoms. The Bertz CT molecular complexity index is 1460. The van der Waals surface area contributed by atoms with Crippen LogP contribution in [0, 0.1) is 5.82 Å². The smallest absolute Gasteiger partial charge is 0.148 e. The molecule has 0 saturated carbocycles. The lowest BCUT2D eigenvalue weighted by Gasteiger charge is -2.06. The molecule has 0 amide bonds. The maximum atomic E-state index is 14.0. The first-order chi connectivity index (χ1) is 12.3. The van der Waals surface area contributed by atoms with Gasteiger partial charge in [0.1, 0.15) is 11.5 Å². The van der Waals surface area contributed by atoms with Gasteiger partial charge in [0, 0.05) is 16.3 Å². The predicted molar refractivity (Wildman–Crippen MR) is 99.5 cm³/mol. The number of para-hydroxylation sites is 3. The molecule has 6 rings (SSSR count). The summed E-state index contributed by atoms with van der Waals surface area (Å²) in [6.07, 6.45) is 0. The number of fused-ring (bicyclic) bond motifs is 10. The number of H-pyrrole nitrogens is 1. The Morgan fingerprint density at radius 3 is 2.64 bits per heavy atom. The average Bonchev–Trinajstić information content (AvgIpc) is 3.20. The van der Waals surface area contributed by atoms with Gasteiger partial charge in [0.15, 0.2) is 0 Å². The van der Waals surface area contributed by atoms with Gasteiger partial charge in [0.2, 0.25) is 0 Å². The van der Waals surface area contributed by atoms with Gasteiger partial charge in [-0.3, -0.25) is 4.40 Å². The second-order valence-electron chi connectivity index (χ2n) is 6.34. The van der Waals surface area contributed by atoms with Crippen LogP contribution >= 0.6 is 0 Å². The molecule has 0 atom stereocenters.